The van der Waals surface area contributed by atoms with E-state index in [0.29, 0.717) is 17.8 Å². The number of hydrogen-bond acceptors (Lipinski definition) is 4. The minimum absolute atomic E-state index is 0.00657. The van der Waals surface area contributed by atoms with E-state index in [1.165, 1.54) is 0 Å². The van der Waals surface area contributed by atoms with Gasteiger partial charge in [-0.15, -0.1) is 11.8 Å². The van der Waals surface area contributed by atoms with Gasteiger partial charge in [-0.2, -0.15) is 5.10 Å². The summed E-state index contributed by atoms with van der Waals surface area (Å²) in [5.74, 6) is 0.900. The number of aromatic nitrogens is 2. The van der Waals surface area contributed by atoms with E-state index in [4.69, 9.17) is 5.73 Å². The number of aryl methyl sites for hydroxylation is 2. The molecule has 5 nitrogen and oxygen atoms in total. The molecule has 110 valence electrons. The number of nitrogens with two attached hydrogens (primary N) is 1. The Hall–Kier alpha value is -1.95. The van der Waals surface area contributed by atoms with Gasteiger partial charge in [-0.1, -0.05) is 6.92 Å². The summed E-state index contributed by atoms with van der Waals surface area (Å²) in [6, 6.07) is 5.74. The molecule has 0 bridgehead atoms. The molecule has 21 heavy (non-hydrogen) atoms. The van der Waals surface area contributed by atoms with Crippen LogP contribution in [-0.4, -0.2) is 28.0 Å². The molecule has 0 saturated heterocycles. The van der Waals surface area contributed by atoms with E-state index < -0.39 is 0 Å². The maximum Gasteiger partial charge on any atom is 0.261 e. The Morgan fingerprint density at radius 1 is 1.48 bits per heavy atom. The minimum Gasteiger partial charge on any atom is -0.399 e. The molecule has 1 aliphatic rings. The number of carbonyl (C=O) groups excluding carboxylic acids is 1. The van der Waals surface area contributed by atoms with Crippen molar-refractivity contribution < 1.29 is 4.79 Å². The largest absolute Gasteiger partial charge is 0.399 e. The van der Waals surface area contributed by atoms with Gasteiger partial charge in [0.05, 0.1) is 16.9 Å². The molecule has 6 heteroatoms. The molecule has 0 radical (unpaired) electrons. The number of nitrogens with zero attached hydrogens (tertiary/aromatic N) is 3. The summed E-state index contributed by atoms with van der Waals surface area (Å²) in [6.45, 7) is 2.70. The van der Waals surface area contributed by atoms with E-state index >= 15 is 0 Å². The lowest BCUT2D eigenvalue weighted by Gasteiger charge is -2.29. The van der Waals surface area contributed by atoms with E-state index in [-0.39, 0.29) is 5.91 Å². The Morgan fingerprint density at radius 3 is 3.05 bits per heavy atom. The molecule has 2 heterocycles. The van der Waals surface area contributed by atoms with Crippen LogP contribution in [0.5, 0.6) is 0 Å². The zero-order valence-corrected chi connectivity index (χ0v) is 13.0. The number of fused-ring (bicyclic) bond motifs is 1. The molecule has 3 rings (SSSR count). The van der Waals surface area contributed by atoms with Gasteiger partial charge in [0.2, 0.25) is 0 Å². The van der Waals surface area contributed by atoms with Crippen LogP contribution in [0.4, 0.5) is 11.4 Å². The second-order valence-corrected chi connectivity index (χ2v) is 6.19. The number of benzene rings is 1. The van der Waals surface area contributed by atoms with E-state index in [2.05, 4.69) is 5.10 Å². The molecule has 1 aliphatic heterocycles. The van der Waals surface area contributed by atoms with Crippen molar-refractivity contribution in [2.45, 2.75) is 18.2 Å². The van der Waals surface area contributed by atoms with E-state index in [1.807, 2.05) is 37.1 Å². The van der Waals surface area contributed by atoms with Gasteiger partial charge in [-0.05, 0) is 24.6 Å². The first-order valence-electron chi connectivity index (χ1n) is 6.97. The molecule has 0 aliphatic carbocycles. The van der Waals surface area contributed by atoms with Crippen LogP contribution in [0.3, 0.4) is 0 Å². The molecule has 2 N–H and O–H groups in total. The molecule has 0 saturated carbocycles. The van der Waals surface area contributed by atoms with Gasteiger partial charge < -0.3 is 10.6 Å². The first-order valence-corrected chi connectivity index (χ1v) is 7.95. The maximum absolute atomic E-state index is 12.9. The number of carbonyl (C=O) groups is 1. The Kier molecular flexibility index (Phi) is 3.63. The predicted octanol–water partition coefficient (Wildman–Crippen LogP) is 2.32. The van der Waals surface area contributed by atoms with Crippen LogP contribution in [0.25, 0.3) is 0 Å². The van der Waals surface area contributed by atoms with E-state index in [0.717, 1.165) is 28.5 Å². The zero-order chi connectivity index (χ0) is 15.0. The molecule has 0 unspecified atom stereocenters. The van der Waals surface area contributed by atoms with Gasteiger partial charge in [0.25, 0.3) is 5.91 Å². The summed E-state index contributed by atoms with van der Waals surface area (Å²) in [6.07, 6.45) is 2.54. The van der Waals surface area contributed by atoms with Gasteiger partial charge in [0.15, 0.2) is 0 Å². The van der Waals surface area contributed by atoms with Crippen LogP contribution in [0, 0.1) is 0 Å². The number of nitrogen functional groups attached to an aromatic ring is 1. The third-order valence-corrected chi connectivity index (χ3v) is 4.60. The fourth-order valence-electron chi connectivity index (χ4n) is 2.57. The Morgan fingerprint density at radius 2 is 2.29 bits per heavy atom. The normalized spacial score (nSPS) is 14.1. The quantitative estimate of drug-likeness (QED) is 0.865. The second-order valence-electron chi connectivity index (χ2n) is 5.05. The first-order chi connectivity index (χ1) is 10.1. The first kappa shape index (κ1) is 14.0. The maximum atomic E-state index is 12.9. The van der Waals surface area contributed by atoms with Crippen molar-refractivity contribution in [2.75, 3.05) is 22.9 Å². The lowest BCUT2D eigenvalue weighted by Crippen LogP contribution is -2.35. The van der Waals surface area contributed by atoms with Gasteiger partial charge in [-0.3, -0.25) is 9.48 Å². The third kappa shape index (κ3) is 2.51. The van der Waals surface area contributed by atoms with Gasteiger partial charge in [-0.25, -0.2) is 0 Å². The molecule has 1 amide bonds. The summed E-state index contributed by atoms with van der Waals surface area (Å²) in [4.78, 5) is 15.8. The summed E-state index contributed by atoms with van der Waals surface area (Å²) in [5.41, 5.74) is 8.98. The average Bonchev–Trinajstić information content (AvgIpc) is 2.87. The molecule has 1 aromatic heterocycles. The zero-order valence-electron chi connectivity index (χ0n) is 12.2. The van der Waals surface area contributed by atoms with Crippen LogP contribution in [0.15, 0.2) is 29.3 Å². The van der Waals surface area contributed by atoms with Crippen molar-refractivity contribution in [3.05, 3.63) is 35.7 Å². The number of thioether (sulfide) groups is 1. The highest BCUT2D eigenvalue weighted by Gasteiger charge is 2.26. The lowest BCUT2D eigenvalue weighted by atomic mass is 10.1. The molecular formula is C15H18N4OS. The van der Waals surface area contributed by atoms with Crippen molar-refractivity contribution in [3.8, 4) is 0 Å². The van der Waals surface area contributed by atoms with Crippen molar-refractivity contribution in [1.82, 2.24) is 9.78 Å². The molecule has 1 aromatic carbocycles. The summed E-state index contributed by atoms with van der Waals surface area (Å²) in [5, 5.41) is 4.36. The fourth-order valence-corrected chi connectivity index (χ4v) is 3.54. The topological polar surface area (TPSA) is 64.2 Å². The van der Waals surface area contributed by atoms with Crippen LogP contribution in [0.2, 0.25) is 0 Å². The highest BCUT2D eigenvalue weighted by molar-refractivity contribution is 7.99. The molecule has 0 atom stereocenters. The highest BCUT2D eigenvalue weighted by Crippen LogP contribution is 2.36. The standard InChI is InChI=1S/C15H18N4OS/c1-3-12-11(9-18(2)17-12)15(20)19-6-7-21-14-5-4-10(16)8-13(14)19/h4-5,8-9H,3,6-7,16H2,1-2H3. The number of amides is 1. The van der Waals surface area contributed by atoms with Gasteiger partial charge in [0, 0.05) is 36.1 Å². The SMILES string of the molecule is CCc1nn(C)cc1C(=O)N1CCSc2ccc(N)cc21. The Bertz CT molecular complexity index is 695. The number of anilines is 2. The van der Waals surface area contributed by atoms with E-state index in [1.54, 1.807) is 22.6 Å². The number of hydrogen-bond donors (Lipinski definition) is 1. The smallest absolute Gasteiger partial charge is 0.261 e. The highest BCUT2D eigenvalue weighted by atomic mass is 32.2. The van der Waals surface area contributed by atoms with E-state index in [9.17, 15) is 4.79 Å². The summed E-state index contributed by atoms with van der Waals surface area (Å²) in [7, 11) is 1.84. The van der Waals surface area contributed by atoms with Crippen LogP contribution >= 0.6 is 11.8 Å². The lowest BCUT2D eigenvalue weighted by molar-refractivity contribution is 0.0987. The monoisotopic (exact) mass is 302 g/mol. The van der Waals surface area contributed by atoms with Gasteiger partial charge >= 0.3 is 0 Å². The molecule has 2 aromatic rings. The van der Waals surface area contributed by atoms with Crippen molar-refractivity contribution in [2.24, 2.45) is 7.05 Å². The van der Waals surface area contributed by atoms with Crippen molar-refractivity contribution in [3.63, 3.8) is 0 Å². The van der Waals surface area contributed by atoms with Crippen LogP contribution < -0.4 is 10.6 Å². The van der Waals surface area contributed by atoms with Crippen molar-refractivity contribution in [1.29, 1.82) is 0 Å². The molecule has 0 spiro atoms. The third-order valence-electron chi connectivity index (χ3n) is 3.56. The predicted molar refractivity (Wildman–Crippen MR) is 85.8 cm³/mol. The van der Waals surface area contributed by atoms with Crippen LogP contribution in [0.1, 0.15) is 23.0 Å². The number of rotatable bonds is 2. The minimum atomic E-state index is 0.00657. The Labute approximate surface area is 128 Å². The fraction of sp³-hybridized carbons (Fsp3) is 0.333. The van der Waals surface area contributed by atoms with Crippen molar-refractivity contribution >= 4 is 29.0 Å². The van der Waals surface area contributed by atoms with Gasteiger partial charge in [0.1, 0.15) is 0 Å². The summed E-state index contributed by atoms with van der Waals surface area (Å²) < 4.78 is 1.70. The molecular weight excluding hydrogens is 284 g/mol. The summed E-state index contributed by atoms with van der Waals surface area (Å²) >= 11 is 1.76. The Balaban J connectivity index is 2.02. The average molecular weight is 302 g/mol. The van der Waals surface area contributed by atoms with Crippen LogP contribution in [-0.2, 0) is 13.5 Å². The molecule has 0 fully saturated rings. The second kappa shape index (κ2) is 5.44.